The number of amides is 3. The van der Waals surface area contributed by atoms with E-state index in [1.807, 2.05) is 43.3 Å². The van der Waals surface area contributed by atoms with Gasteiger partial charge in [-0.3, -0.25) is 19.8 Å². The third kappa shape index (κ3) is 4.07. The molecular formula is C25H24N6O3. The number of allylic oxidation sites excluding steroid dienone is 2. The normalized spacial score (nSPS) is 20.4. The summed E-state index contributed by atoms with van der Waals surface area (Å²) >= 11 is 0. The smallest absolute Gasteiger partial charge is 0.251 e. The lowest BCUT2D eigenvalue weighted by atomic mass is 9.80. The summed E-state index contributed by atoms with van der Waals surface area (Å²) in [5.74, 6) is -1.32. The van der Waals surface area contributed by atoms with Gasteiger partial charge >= 0.3 is 0 Å². The van der Waals surface area contributed by atoms with Crippen molar-refractivity contribution in [2.24, 2.45) is 11.8 Å². The summed E-state index contributed by atoms with van der Waals surface area (Å²) in [7, 11) is 0. The van der Waals surface area contributed by atoms with Crippen molar-refractivity contribution in [1.29, 1.82) is 0 Å². The molecule has 34 heavy (non-hydrogen) atoms. The summed E-state index contributed by atoms with van der Waals surface area (Å²) in [6, 6.07) is 14.1. The van der Waals surface area contributed by atoms with Crippen LogP contribution in [0.2, 0.25) is 0 Å². The summed E-state index contributed by atoms with van der Waals surface area (Å²) in [6.45, 7) is 1.90. The van der Waals surface area contributed by atoms with Crippen LogP contribution in [0.15, 0.2) is 73.3 Å². The van der Waals surface area contributed by atoms with Crippen molar-refractivity contribution in [2.75, 3.05) is 5.01 Å². The molecule has 2 aromatic carbocycles. The van der Waals surface area contributed by atoms with Crippen molar-refractivity contribution >= 4 is 23.4 Å². The highest BCUT2D eigenvalue weighted by molar-refractivity contribution is 6.05. The Morgan fingerprint density at radius 1 is 1.06 bits per heavy atom. The van der Waals surface area contributed by atoms with Crippen molar-refractivity contribution < 1.29 is 14.4 Å². The zero-order valence-corrected chi connectivity index (χ0v) is 18.6. The number of anilines is 1. The lowest BCUT2D eigenvalue weighted by Gasteiger charge is -2.38. The molecule has 3 aromatic rings. The SMILES string of the molecule is CC(NC(=O)c1cccc(N2NC(=O)C3CC=CCC3C2=O)c1)c1ccc(-n2cncn2)cc1. The third-order valence-corrected chi connectivity index (χ3v) is 6.32. The molecule has 0 radical (unpaired) electrons. The van der Waals surface area contributed by atoms with Crippen LogP contribution in [0.1, 0.15) is 41.7 Å². The molecule has 0 bridgehead atoms. The van der Waals surface area contributed by atoms with Crippen molar-refractivity contribution in [3.05, 3.63) is 84.5 Å². The van der Waals surface area contributed by atoms with Crippen LogP contribution in [0, 0.1) is 11.8 Å². The number of hydrazine groups is 1. The number of carbonyl (C=O) groups excluding carboxylic acids is 3. The summed E-state index contributed by atoms with van der Waals surface area (Å²) < 4.78 is 1.66. The Hall–Kier alpha value is -4.27. The van der Waals surface area contributed by atoms with Crippen LogP contribution < -0.4 is 15.8 Å². The maximum absolute atomic E-state index is 13.0. The Morgan fingerprint density at radius 3 is 2.56 bits per heavy atom. The Morgan fingerprint density at radius 2 is 1.82 bits per heavy atom. The maximum Gasteiger partial charge on any atom is 0.251 e. The van der Waals surface area contributed by atoms with Gasteiger partial charge in [-0.05, 0) is 55.7 Å². The van der Waals surface area contributed by atoms with Crippen LogP contribution in [0.4, 0.5) is 5.69 Å². The fourth-order valence-corrected chi connectivity index (χ4v) is 4.39. The molecule has 1 aliphatic carbocycles. The number of hydrogen-bond donors (Lipinski definition) is 2. The molecule has 5 rings (SSSR count). The van der Waals surface area contributed by atoms with E-state index in [0.29, 0.717) is 24.1 Å². The molecule has 2 aliphatic rings. The molecule has 0 spiro atoms. The van der Waals surface area contributed by atoms with E-state index in [4.69, 9.17) is 0 Å². The summed E-state index contributed by atoms with van der Waals surface area (Å²) in [6.07, 6.45) is 8.08. The zero-order chi connectivity index (χ0) is 23.7. The fourth-order valence-electron chi connectivity index (χ4n) is 4.39. The van der Waals surface area contributed by atoms with Gasteiger partial charge in [0, 0.05) is 5.56 Å². The van der Waals surface area contributed by atoms with Crippen LogP contribution >= 0.6 is 0 Å². The van der Waals surface area contributed by atoms with Gasteiger partial charge in [0.25, 0.3) is 5.91 Å². The molecule has 1 aliphatic heterocycles. The molecule has 1 fully saturated rings. The molecule has 1 aromatic heterocycles. The van der Waals surface area contributed by atoms with Gasteiger partial charge in [0.05, 0.1) is 29.3 Å². The van der Waals surface area contributed by atoms with Crippen LogP contribution in [0.25, 0.3) is 5.69 Å². The Bertz CT molecular complexity index is 1250. The Labute approximate surface area is 196 Å². The van der Waals surface area contributed by atoms with E-state index in [9.17, 15) is 14.4 Å². The number of fused-ring (bicyclic) bond motifs is 1. The quantitative estimate of drug-likeness (QED) is 0.574. The van der Waals surface area contributed by atoms with Crippen LogP contribution in [-0.2, 0) is 9.59 Å². The van der Waals surface area contributed by atoms with E-state index >= 15 is 0 Å². The average molecular weight is 457 g/mol. The zero-order valence-electron chi connectivity index (χ0n) is 18.6. The third-order valence-electron chi connectivity index (χ3n) is 6.32. The topological polar surface area (TPSA) is 109 Å². The minimum Gasteiger partial charge on any atom is -0.346 e. The van der Waals surface area contributed by atoms with Crippen molar-refractivity contribution in [3.63, 3.8) is 0 Å². The second-order valence-corrected chi connectivity index (χ2v) is 8.48. The number of rotatable bonds is 5. The minimum absolute atomic E-state index is 0.160. The monoisotopic (exact) mass is 456 g/mol. The summed E-state index contributed by atoms with van der Waals surface area (Å²) in [5, 5.41) is 8.36. The molecule has 0 saturated carbocycles. The molecule has 172 valence electrons. The highest BCUT2D eigenvalue weighted by Gasteiger charge is 2.42. The van der Waals surface area contributed by atoms with E-state index in [-0.39, 0.29) is 35.6 Å². The minimum atomic E-state index is -0.378. The fraction of sp³-hybridized carbons (Fsp3) is 0.240. The van der Waals surface area contributed by atoms with Crippen molar-refractivity contribution in [2.45, 2.75) is 25.8 Å². The van der Waals surface area contributed by atoms with Crippen LogP contribution in [0.5, 0.6) is 0 Å². The number of carbonyl (C=O) groups is 3. The van der Waals surface area contributed by atoms with E-state index in [0.717, 1.165) is 11.3 Å². The molecule has 3 unspecified atom stereocenters. The van der Waals surface area contributed by atoms with Gasteiger partial charge in [0.1, 0.15) is 12.7 Å². The highest BCUT2D eigenvalue weighted by Crippen LogP contribution is 2.32. The van der Waals surface area contributed by atoms with E-state index in [1.165, 1.54) is 11.3 Å². The first-order valence-electron chi connectivity index (χ1n) is 11.2. The van der Waals surface area contributed by atoms with E-state index < -0.39 is 0 Å². The molecular weight excluding hydrogens is 432 g/mol. The van der Waals surface area contributed by atoms with E-state index in [2.05, 4.69) is 20.8 Å². The predicted octanol–water partition coefficient (Wildman–Crippen LogP) is 2.72. The standard InChI is InChI=1S/C25H24N6O3/c1-16(17-9-11-19(12-10-17)30-15-26-14-27-30)28-23(32)18-5-4-6-20(13-18)31-25(34)22-8-3-2-7-21(22)24(33)29-31/h2-6,9-16,21-22H,7-8H2,1H3,(H,28,32)(H,29,33). The number of nitrogens with zero attached hydrogens (tertiary/aromatic N) is 4. The van der Waals surface area contributed by atoms with Crippen LogP contribution in [0.3, 0.4) is 0 Å². The van der Waals surface area contributed by atoms with Crippen molar-refractivity contribution in [3.8, 4) is 5.69 Å². The Balaban J connectivity index is 1.29. The summed E-state index contributed by atoms with van der Waals surface area (Å²) in [5.41, 5.74) is 5.37. The van der Waals surface area contributed by atoms with Gasteiger partial charge in [0.2, 0.25) is 11.8 Å². The lowest BCUT2D eigenvalue weighted by Crippen LogP contribution is -2.59. The molecule has 3 amide bonds. The lowest BCUT2D eigenvalue weighted by molar-refractivity contribution is -0.139. The first kappa shape index (κ1) is 21.6. The van der Waals surface area contributed by atoms with Gasteiger partial charge < -0.3 is 5.32 Å². The van der Waals surface area contributed by atoms with E-state index in [1.54, 1.807) is 35.3 Å². The second-order valence-electron chi connectivity index (χ2n) is 8.48. The molecule has 3 atom stereocenters. The van der Waals surface area contributed by atoms with Crippen LogP contribution in [-0.4, -0.2) is 32.5 Å². The first-order chi connectivity index (χ1) is 16.5. The number of hydrogen-bond acceptors (Lipinski definition) is 5. The molecule has 2 N–H and O–H groups in total. The number of aromatic nitrogens is 3. The van der Waals surface area contributed by atoms with Gasteiger partial charge in [-0.15, -0.1) is 0 Å². The van der Waals surface area contributed by atoms with Crippen molar-refractivity contribution in [1.82, 2.24) is 25.5 Å². The van der Waals surface area contributed by atoms with Gasteiger partial charge in [-0.25, -0.2) is 14.7 Å². The predicted molar refractivity (Wildman–Crippen MR) is 125 cm³/mol. The largest absolute Gasteiger partial charge is 0.346 e. The average Bonchev–Trinajstić information content (AvgIpc) is 3.41. The van der Waals surface area contributed by atoms with Gasteiger partial charge in [-0.1, -0.05) is 30.4 Å². The summed E-state index contributed by atoms with van der Waals surface area (Å²) in [4.78, 5) is 42.5. The second kappa shape index (κ2) is 8.93. The highest BCUT2D eigenvalue weighted by atomic mass is 16.2. The molecule has 9 heteroatoms. The van der Waals surface area contributed by atoms with Gasteiger partial charge in [0.15, 0.2) is 0 Å². The molecule has 1 saturated heterocycles. The number of benzene rings is 2. The maximum atomic E-state index is 13.0. The first-order valence-corrected chi connectivity index (χ1v) is 11.2. The molecule has 9 nitrogen and oxygen atoms in total. The Kier molecular flexibility index (Phi) is 5.67. The number of nitrogens with one attached hydrogen (secondary N) is 2. The van der Waals surface area contributed by atoms with Gasteiger partial charge in [-0.2, -0.15) is 5.10 Å². The molecule has 2 heterocycles.